The molecule has 48 heavy (non-hydrogen) atoms. The number of aliphatic imine (C=N–C) groups is 1. The van der Waals surface area contributed by atoms with Gasteiger partial charge in [0.1, 0.15) is 11.4 Å². The van der Waals surface area contributed by atoms with E-state index in [4.69, 9.17) is 9.73 Å². The summed E-state index contributed by atoms with van der Waals surface area (Å²) >= 11 is 0. The molecule has 9 nitrogen and oxygen atoms in total. The molecule has 9 heteroatoms. The summed E-state index contributed by atoms with van der Waals surface area (Å²) in [5, 5.41) is 3.55. The lowest BCUT2D eigenvalue weighted by molar-refractivity contribution is -0.131. The van der Waals surface area contributed by atoms with Crippen molar-refractivity contribution in [3.05, 3.63) is 71.2 Å². The lowest BCUT2D eigenvalue weighted by Gasteiger charge is -2.29. The van der Waals surface area contributed by atoms with E-state index in [1.54, 1.807) is 11.1 Å². The quantitative estimate of drug-likeness (QED) is 0.174. The molecule has 0 aliphatic carbocycles. The number of H-pyrrole nitrogens is 1. The van der Waals surface area contributed by atoms with E-state index in [0.717, 1.165) is 66.1 Å². The first kappa shape index (κ1) is 34.9. The summed E-state index contributed by atoms with van der Waals surface area (Å²) in [6, 6.07) is 14.3. The number of hydrogen-bond donors (Lipinski definition) is 2. The molecule has 2 aromatic carbocycles. The molecular formula is C39H50N6O3. The molecule has 0 bridgehead atoms. The van der Waals surface area contributed by atoms with E-state index in [1.807, 2.05) is 56.9 Å². The Morgan fingerprint density at radius 2 is 1.65 bits per heavy atom. The Bertz CT molecular complexity index is 1700. The molecule has 2 N–H and O–H groups in total. The first-order chi connectivity index (χ1) is 22.9. The maximum atomic E-state index is 13.0. The minimum absolute atomic E-state index is 0.131. The third-order valence-electron chi connectivity index (χ3n) is 8.42. The summed E-state index contributed by atoms with van der Waals surface area (Å²) < 4.78 is 5.58. The Balaban J connectivity index is 1.27. The standard InChI is InChI=1S/C39H50N6O3/c1-8-18-44(36(46)20-27(3)4)24-34-39(26-41-39)22-31-17-14-29(21-32(31)42-34)11-10-28-12-15-30(16-13-28)33-23-40-35(43-33)25-45(19-9-2)37(47)48-38(5,6)7/h12-17,21,23,27,41H,8-9,18-20,22,24-26H2,1-7H3,(H,40,43). The second kappa shape index (κ2) is 14.8. The SMILES string of the molecule is CCCN(CC1=Nc2cc(C#Cc3ccc(-c4cnc(CN(CCC)C(=O)OC(C)(C)C)[nH]4)cc3)ccc2CC12CN2)C(=O)CC(C)C. The molecule has 1 saturated heterocycles. The molecule has 1 aromatic heterocycles. The van der Waals surface area contributed by atoms with Crippen LogP contribution in [0.1, 0.15) is 90.2 Å². The highest BCUT2D eigenvalue weighted by Gasteiger charge is 2.49. The number of fused-ring (bicyclic) bond motifs is 1. The van der Waals surface area contributed by atoms with Gasteiger partial charge in [-0.2, -0.15) is 0 Å². The minimum atomic E-state index is -0.553. The Hall–Kier alpha value is -4.42. The number of nitrogens with one attached hydrogen (secondary N) is 2. The number of ether oxygens (including phenoxy) is 1. The van der Waals surface area contributed by atoms with Crippen molar-refractivity contribution in [2.75, 3.05) is 26.2 Å². The van der Waals surface area contributed by atoms with Crippen molar-refractivity contribution < 1.29 is 14.3 Å². The number of amides is 2. The highest BCUT2D eigenvalue weighted by Crippen LogP contribution is 2.37. The van der Waals surface area contributed by atoms with E-state index < -0.39 is 5.60 Å². The molecule has 1 atom stereocenters. The van der Waals surface area contributed by atoms with Crippen molar-refractivity contribution in [3.63, 3.8) is 0 Å². The van der Waals surface area contributed by atoms with Crippen molar-refractivity contribution >= 4 is 23.4 Å². The third-order valence-corrected chi connectivity index (χ3v) is 8.42. The van der Waals surface area contributed by atoms with Gasteiger partial charge in [-0.1, -0.05) is 57.7 Å². The summed E-state index contributed by atoms with van der Waals surface area (Å²) in [6.07, 6.45) is 4.63. The highest BCUT2D eigenvalue weighted by atomic mass is 16.6. The van der Waals surface area contributed by atoms with Gasteiger partial charge in [0.2, 0.25) is 5.91 Å². The zero-order valence-electron chi connectivity index (χ0n) is 29.6. The van der Waals surface area contributed by atoms with Crippen LogP contribution in [0, 0.1) is 17.8 Å². The smallest absolute Gasteiger partial charge is 0.410 e. The van der Waals surface area contributed by atoms with Gasteiger partial charge in [0.05, 0.1) is 41.9 Å². The lowest BCUT2D eigenvalue weighted by atomic mass is 9.89. The summed E-state index contributed by atoms with van der Waals surface area (Å²) in [5.74, 6) is 7.85. The Kier molecular flexibility index (Phi) is 10.7. The van der Waals surface area contributed by atoms with Gasteiger partial charge in [-0.25, -0.2) is 9.78 Å². The number of rotatable bonds is 11. The molecule has 5 rings (SSSR count). The molecule has 1 unspecified atom stereocenters. The molecule has 0 radical (unpaired) electrons. The lowest BCUT2D eigenvalue weighted by Crippen LogP contribution is -2.44. The fraction of sp³-hybridized carbons (Fsp3) is 0.487. The predicted molar refractivity (Wildman–Crippen MR) is 191 cm³/mol. The average molecular weight is 651 g/mol. The molecule has 1 spiro atoms. The van der Waals surface area contributed by atoms with Crippen LogP contribution in [0.25, 0.3) is 11.3 Å². The first-order valence-corrected chi connectivity index (χ1v) is 17.3. The van der Waals surface area contributed by atoms with Gasteiger partial charge in [-0.3, -0.25) is 9.79 Å². The van der Waals surface area contributed by atoms with E-state index in [1.165, 1.54) is 5.56 Å². The number of imidazole rings is 1. The number of carbonyl (C=O) groups excluding carboxylic acids is 2. The molecule has 3 heterocycles. The second-order valence-electron chi connectivity index (χ2n) is 14.4. The Labute approximate surface area is 285 Å². The molecule has 2 aliphatic heterocycles. The van der Waals surface area contributed by atoms with E-state index in [2.05, 4.69) is 66.1 Å². The largest absolute Gasteiger partial charge is 0.444 e. The van der Waals surface area contributed by atoms with Gasteiger partial charge >= 0.3 is 6.09 Å². The number of benzene rings is 2. The zero-order valence-corrected chi connectivity index (χ0v) is 29.6. The van der Waals surface area contributed by atoms with Crippen molar-refractivity contribution in [2.24, 2.45) is 10.9 Å². The van der Waals surface area contributed by atoms with Crippen LogP contribution in [-0.2, 0) is 22.5 Å². The number of aromatic amines is 1. The molecule has 2 aliphatic rings. The fourth-order valence-electron chi connectivity index (χ4n) is 5.90. The van der Waals surface area contributed by atoms with Crippen LogP contribution in [-0.4, -0.2) is 74.8 Å². The molecular weight excluding hydrogens is 600 g/mol. The molecule has 1 fully saturated rings. The summed E-state index contributed by atoms with van der Waals surface area (Å²) in [5.41, 5.74) is 6.18. The van der Waals surface area contributed by atoms with Crippen LogP contribution < -0.4 is 5.32 Å². The van der Waals surface area contributed by atoms with Crippen molar-refractivity contribution in [2.45, 2.75) is 91.8 Å². The molecule has 3 aromatic rings. The molecule has 254 valence electrons. The molecule has 0 saturated carbocycles. The van der Waals surface area contributed by atoms with Crippen LogP contribution in [0.5, 0.6) is 0 Å². The highest BCUT2D eigenvalue weighted by molar-refractivity contribution is 6.03. The summed E-state index contributed by atoms with van der Waals surface area (Å²) in [6.45, 7) is 17.1. The van der Waals surface area contributed by atoms with Crippen LogP contribution >= 0.6 is 0 Å². The van der Waals surface area contributed by atoms with E-state index in [9.17, 15) is 9.59 Å². The van der Waals surface area contributed by atoms with Gasteiger partial charge in [-0.05, 0) is 81.3 Å². The number of aromatic nitrogens is 2. The maximum Gasteiger partial charge on any atom is 0.410 e. The van der Waals surface area contributed by atoms with Crippen molar-refractivity contribution in [1.29, 1.82) is 0 Å². The normalized spacial score (nSPS) is 16.5. The van der Waals surface area contributed by atoms with Gasteiger partial charge in [0.25, 0.3) is 0 Å². The second-order valence-corrected chi connectivity index (χ2v) is 14.4. The van der Waals surface area contributed by atoms with Crippen LogP contribution in [0.15, 0.2) is 53.7 Å². The number of nitrogens with zero attached hydrogens (tertiary/aromatic N) is 4. The average Bonchev–Trinajstić information content (AvgIpc) is 3.64. The monoisotopic (exact) mass is 650 g/mol. The topological polar surface area (TPSA) is 113 Å². The van der Waals surface area contributed by atoms with Gasteiger partial charge < -0.3 is 24.8 Å². The number of carbonyl (C=O) groups is 2. The van der Waals surface area contributed by atoms with Crippen molar-refractivity contribution in [3.8, 4) is 23.1 Å². The summed E-state index contributed by atoms with van der Waals surface area (Å²) in [4.78, 5) is 42.3. The fourth-order valence-corrected chi connectivity index (χ4v) is 5.90. The Morgan fingerprint density at radius 3 is 2.29 bits per heavy atom. The summed E-state index contributed by atoms with van der Waals surface area (Å²) in [7, 11) is 0. The minimum Gasteiger partial charge on any atom is -0.444 e. The van der Waals surface area contributed by atoms with Crippen molar-refractivity contribution in [1.82, 2.24) is 25.1 Å². The first-order valence-electron chi connectivity index (χ1n) is 17.3. The van der Waals surface area contributed by atoms with Gasteiger partial charge in [0.15, 0.2) is 0 Å². The third kappa shape index (κ3) is 8.93. The predicted octanol–water partition coefficient (Wildman–Crippen LogP) is 6.88. The van der Waals surface area contributed by atoms with E-state index in [-0.39, 0.29) is 17.5 Å². The number of hydrogen-bond acceptors (Lipinski definition) is 6. The molecule has 2 amide bonds. The van der Waals surface area contributed by atoms with E-state index >= 15 is 0 Å². The van der Waals surface area contributed by atoms with Crippen LogP contribution in [0.2, 0.25) is 0 Å². The van der Waals surface area contributed by atoms with Crippen LogP contribution in [0.4, 0.5) is 10.5 Å². The van der Waals surface area contributed by atoms with Gasteiger partial charge in [-0.15, -0.1) is 0 Å². The Morgan fingerprint density at radius 1 is 0.979 bits per heavy atom. The zero-order chi connectivity index (χ0) is 34.5. The van der Waals surface area contributed by atoms with Gasteiger partial charge in [0, 0.05) is 37.2 Å². The van der Waals surface area contributed by atoms with E-state index in [0.29, 0.717) is 37.8 Å². The maximum absolute atomic E-state index is 13.0. The van der Waals surface area contributed by atoms with Crippen LogP contribution in [0.3, 0.4) is 0 Å².